The van der Waals surface area contributed by atoms with E-state index in [4.69, 9.17) is 4.74 Å². The van der Waals surface area contributed by atoms with Crippen molar-refractivity contribution in [2.75, 3.05) is 26.2 Å². The molecule has 0 aromatic heterocycles. The van der Waals surface area contributed by atoms with Gasteiger partial charge < -0.3 is 9.64 Å². The second kappa shape index (κ2) is 11.5. The quantitative estimate of drug-likeness (QED) is 0.594. The number of nitrogens with one attached hydrogen (secondary N) is 1. The molecule has 124 valence electrons. The van der Waals surface area contributed by atoms with E-state index in [1.165, 1.54) is 0 Å². The molecule has 0 bridgehead atoms. The Labute approximate surface area is 129 Å². The summed E-state index contributed by atoms with van der Waals surface area (Å²) in [7, 11) is 0. The van der Waals surface area contributed by atoms with E-state index in [-0.39, 0.29) is 24.3 Å². The number of hydrogen-bond donors (Lipinski definition) is 1. The third-order valence-corrected chi connectivity index (χ3v) is 3.57. The predicted molar refractivity (Wildman–Crippen MR) is 85.0 cm³/mol. The van der Waals surface area contributed by atoms with Crippen LogP contribution in [-0.2, 0) is 14.3 Å². The van der Waals surface area contributed by atoms with E-state index in [0.717, 1.165) is 32.4 Å². The van der Waals surface area contributed by atoms with Gasteiger partial charge in [-0.25, -0.2) is 0 Å². The fraction of sp³-hybridized carbons (Fsp3) is 0.875. The molecule has 0 unspecified atom stereocenters. The molecule has 0 fully saturated rings. The fourth-order valence-corrected chi connectivity index (χ4v) is 2.19. The standard InChI is InChI=1S/C16H32N2O3/c1-6-10-18(11-7-2)14(19)12-17-15(13(5)8-3)16(20)21-9-4/h13,15,17H,6-12H2,1-5H3/t13-,15-/m0/s1. The molecule has 0 radical (unpaired) electrons. The van der Waals surface area contributed by atoms with Crippen LogP contribution in [0.4, 0.5) is 0 Å². The smallest absolute Gasteiger partial charge is 0.323 e. The molecule has 0 saturated carbocycles. The summed E-state index contributed by atoms with van der Waals surface area (Å²) in [4.78, 5) is 26.1. The average Bonchev–Trinajstić information content (AvgIpc) is 2.46. The maximum atomic E-state index is 12.2. The first-order chi connectivity index (χ1) is 10.0. The van der Waals surface area contributed by atoms with Crippen molar-refractivity contribution in [2.45, 2.75) is 59.9 Å². The highest BCUT2D eigenvalue weighted by atomic mass is 16.5. The molecular formula is C16H32N2O3. The number of hydrogen-bond acceptors (Lipinski definition) is 4. The fourth-order valence-electron chi connectivity index (χ4n) is 2.19. The number of esters is 1. The number of carbonyl (C=O) groups excluding carboxylic acids is 2. The topological polar surface area (TPSA) is 58.6 Å². The van der Waals surface area contributed by atoms with Crippen molar-refractivity contribution in [3.63, 3.8) is 0 Å². The van der Waals surface area contributed by atoms with E-state index >= 15 is 0 Å². The Bertz CT molecular complexity index is 302. The van der Waals surface area contributed by atoms with Crippen LogP contribution in [0.5, 0.6) is 0 Å². The minimum absolute atomic E-state index is 0.0521. The first-order valence-corrected chi connectivity index (χ1v) is 8.19. The van der Waals surface area contributed by atoms with Crippen molar-refractivity contribution in [1.82, 2.24) is 10.2 Å². The lowest BCUT2D eigenvalue weighted by Crippen LogP contribution is -2.48. The number of nitrogens with zero attached hydrogens (tertiary/aromatic N) is 1. The Hall–Kier alpha value is -1.10. The molecule has 21 heavy (non-hydrogen) atoms. The lowest BCUT2D eigenvalue weighted by atomic mass is 9.99. The van der Waals surface area contributed by atoms with E-state index in [1.807, 2.05) is 18.7 Å². The van der Waals surface area contributed by atoms with E-state index in [2.05, 4.69) is 19.2 Å². The van der Waals surface area contributed by atoms with E-state index in [0.29, 0.717) is 6.61 Å². The molecule has 0 aliphatic heterocycles. The summed E-state index contributed by atoms with van der Waals surface area (Å²) < 4.78 is 5.09. The van der Waals surface area contributed by atoms with Gasteiger partial charge in [-0.2, -0.15) is 0 Å². The number of carbonyl (C=O) groups is 2. The zero-order valence-electron chi connectivity index (χ0n) is 14.3. The molecular weight excluding hydrogens is 268 g/mol. The van der Waals surface area contributed by atoms with Gasteiger partial charge in [0, 0.05) is 13.1 Å². The molecule has 0 saturated heterocycles. The molecule has 0 heterocycles. The van der Waals surface area contributed by atoms with Gasteiger partial charge in [0.15, 0.2) is 0 Å². The van der Waals surface area contributed by atoms with Gasteiger partial charge in [-0.05, 0) is 25.7 Å². The summed E-state index contributed by atoms with van der Waals surface area (Å²) in [5.74, 6) is -0.0730. The molecule has 5 nitrogen and oxygen atoms in total. The van der Waals surface area contributed by atoms with Crippen molar-refractivity contribution >= 4 is 11.9 Å². The highest BCUT2D eigenvalue weighted by molar-refractivity contribution is 5.80. The third kappa shape index (κ3) is 7.46. The van der Waals surface area contributed by atoms with Gasteiger partial charge in [-0.1, -0.05) is 34.1 Å². The summed E-state index contributed by atoms with van der Waals surface area (Å²) in [6.07, 6.45) is 2.75. The van der Waals surface area contributed by atoms with Crippen LogP contribution in [0.3, 0.4) is 0 Å². The molecule has 0 aliphatic rings. The summed E-state index contributed by atoms with van der Waals surface area (Å²) in [5, 5.41) is 3.09. The van der Waals surface area contributed by atoms with Crippen molar-refractivity contribution < 1.29 is 14.3 Å². The molecule has 1 amide bonds. The third-order valence-electron chi connectivity index (χ3n) is 3.57. The van der Waals surface area contributed by atoms with Gasteiger partial charge in [0.2, 0.25) is 5.91 Å². The highest BCUT2D eigenvalue weighted by Gasteiger charge is 2.26. The first-order valence-electron chi connectivity index (χ1n) is 8.19. The van der Waals surface area contributed by atoms with Crippen LogP contribution in [-0.4, -0.2) is 49.1 Å². The Morgan fingerprint density at radius 1 is 1.10 bits per heavy atom. The second-order valence-corrected chi connectivity index (χ2v) is 5.38. The number of ether oxygens (including phenoxy) is 1. The van der Waals surface area contributed by atoms with Crippen LogP contribution < -0.4 is 5.32 Å². The Morgan fingerprint density at radius 3 is 2.10 bits per heavy atom. The Kier molecular flexibility index (Phi) is 10.9. The van der Waals surface area contributed by atoms with Crippen molar-refractivity contribution in [3.8, 4) is 0 Å². The zero-order valence-corrected chi connectivity index (χ0v) is 14.3. The molecule has 2 atom stereocenters. The summed E-state index contributed by atoms with van der Waals surface area (Å²) >= 11 is 0. The van der Waals surface area contributed by atoms with Gasteiger partial charge in [0.05, 0.1) is 13.2 Å². The highest BCUT2D eigenvalue weighted by Crippen LogP contribution is 2.09. The molecule has 0 rings (SSSR count). The van der Waals surface area contributed by atoms with E-state index < -0.39 is 6.04 Å². The molecule has 1 N–H and O–H groups in total. The maximum absolute atomic E-state index is 12.2. The van der Waals surface area contributed by atoms with Crippen LogP contribution in [0.1, 0.15) is 53.9 Å². The zero-order chi connectivity index (χ0) is 16.3. The molecule has 0 aromatic carbocycles. The van der Waals surface area contributed by atoms with Gasteiger partial charge in [0.25, 0.3) is 0 Å². The van der Waals surface area contributed by atoms with Crippen LogP contribution in [0.15, 0.2) is 0 Å². The second-order valence-electron chi connectivity index (χ2n) is 5.38. The largest absolute Gasteiger partial charge is 0.465 e. The Morgan fingerprint density at radius 2 is 1.67 bits per heavy atom. The number of amides is 1. The van der Waals surface area contributed by atoms with Gasteiger partial charge >= 0.3 is 5.97 Å². The van der Waals surface area contributed by atoms with Crippen molar-refractivity contribution in [3.05, 3.63) is 0 Å². The van der Waals surface area contributed by atoms with Crippen LogP contribution in [0, 0.1) is 5.92 Å². The Balaban J connectivity index is 4.57. The van der Waals surface area contributed by atoms with Crippen LogP contribution >= 0.6 is 0 Å². The lowest BCUT2D eigenvalue weighted by Gasteiger charge is -2.25. The predicted octanol–water partition coefficient (Wildman–Crippen LogP) is 2.20. The van der Waals surface area contributed by atoms with Gasteiger partial charge in [-0.3, -0.25) is 14.9 Å². The lowest BCUT2D eigenvalue weighted by molar-refractivity contribution is -0.147. The SMILES string of the molecule is CCCN(CCC)C(=O)CN[C@H](C(=O)OCC)[C@@H](C)CC. The summed E-state index contributed by atoms with van der Waals surface area (Å²) in [6.45, 7) is 12.0. The van der Waals surface area contributed by atoms with Crippen LogP contribution in [0.25, 0.3) is 0 Å². The molecule has 0 spiro atoms. The minimum atomic E-state index is -0.413. The van der Waals surface area contributed by atoms with Crippen molar-refractivity contribution in [1.29, 1.82) is 0 Å². The van der Waals surface area contributed by atoms with Crippen molar-refractivity contribution in [2.24, 2.45) is 5.92 Å². The van der Waals surface area contributed by atoms with E-state index in [1.54, 1.807) is 6.92 Å². The summed E-state index contributed by atoms with van der Waals surface area (Å²) in [5.41, 5.74) is 0. The first kappa shape index (κ1) is 19.9. The monoisotopic (exact) mass is 300 g/mol. The van der Waals surface area contributed by atoms with E-state index in [9.17, 15) is 9.59 Å². The summed E-state index contributed by atoms with van der Waals surface area (Å²) in [6, 6.07) is -0.413. The minimum Gasteiger partial charge on any atom is -0.465 e. The normalized spacial score (nSPS) is 13.6. The number of rotatable bonds is 11. The molecule has 0 aromatic rings. The van der Waals surface area contributed by atoms with Gasteiger partial charge in [0.1, 0.15) is 6.04 Å². The average molecular weight is 300 g/mol. The van der Waals surface area contributed by atoms with Crippen LogP contribution in [0.2, 0.25) is 0 Å². The van der Waals surface area contributed by atoms with Gasteiger partial charge in [-0.15, -0.1) is 0 Å². The molecule has 0 aliphatic carbocycles. The molecule has 5 heteroatoms. The maximum Gasteiger partial charge on any atom is 0.323 e.